The molecule has 3 rings (SSSR count). The molecule has 7 nitrogen and oxygen atoms in total. The van der Waals surface area contributed by atoms with Gasteiger partial charge in [0.05, 0.1) is 5.92 Å². The molecule has 2 aliphatic rings. The molecule has 0 aromatic carbocycles. The van der Waals surface area contributed by atoms with Gasteiger partial charge in [0.15, 0.2) is 0 Å². The van der Waals surface area contributed by atoms with Gasteiger partial charge < -0.3 is 5.11 Å². The first-order valence-corrected chi connectivity index (χ1v) is 9.29. The van der Waals surface area contributed by atoms with Gasteiger partial charge in [-0.05, 0) is 25.0 Å². The number of carbonyl (C=O) groups is 1. The molecule has 0 radical (unpaired) electrons. The largest absolute Gasteiger partial charge is 0.481 e. The molecule has 0 aliphatic carbocycles. The molecule has 1 N–H and O–H groups in total. The highest BCUT2D eigenvalue weighted by Crippen LogP contribution is 2.34. The molecule has 2 unspecified atom stereocenters. The third kappa shape index (κ3) is 3.24. The summed E-state index contributed by atoms with van der Waals surface area (Å²) in [6.45, 7) is 1.22. The molecule has 1 aromatic heterocycles. The lowest BCUT2D eigenvalue weighted by Crippen LogP contribution is -2.45. The summed E-state index contributed by atoms with van der Waals surface area (Å²) in [4.78, 5) is 15.8. The van der Waals surface area contributed by atoms with Crippen molar-refractivity contribution < 1.29 is 18.3 Å². The number of carboxylic acid groups (broad SMARTS) is 1. The minimum atomic E-state index is -3.59. The molecular formula is C15H21N3O4S. The minimum absolute atomic E-state index is 0.00933. The van der Waals surface area contributed by atoms with Gasteiger partial charge in [0, 0.05) is 44.0 Å². The van der Waals surface area contributed by atoms with Crippen molar-refractivity contribution in [3.05, 3.63) is 30.1 Å². The van der Waals surface area contributed by atoms with Crippen molar-refractivity contribution in [2.75, 3.05) is 26.2 Å². The van der Waals surface area contributed by atoms with Crippen LogP contribution in [0.2, 0.25) is 0 Å². The maximum atomic E-state index is 12.8. The second-order valence-corrected chi connectivity index (χ2v) is 8.02. The van der Waals surface area contributed by atoms with E-state index in [9.17, 15) is 18.3 Å². The van der Waals surface area contributed by atoms with Crippen LogP contribution in [0.5, 0.6) is 0 Å². The van der Waals surface area contributed by atoms with Crippen LogP contribution >= 0.6 is 0 Å². The van der Waals surface area contributed by atoms with E-state index in [4.69, 9.17) is 0 Å². The average Bonchev–Trinajstić information content (AvgIpc) is 3.03. The van der Waals surface area contributed by atoms with Crippen LogP contribution in [0.15, 0.2) is 24.4 Å². The van der Waals surface area contributed by atoms with Gasteiger partial charge in [-0.15, -0.1) is 0 Å². The Balaban J connectivity index is 1.84. The van der Waals surface area contributed by atoms with Crippen molar-refractivity contribution in [3.63, 3.8) is 0 Å². The second-order valence-electron chi connectivity index (χ2n) is 6.09. The summed E-state index contributed by atoms with van der Waals surface area (Å²) in [5, 5.41) is 9.48. The predicted octanol–water partition coefficient (Wildman–Crippen LogP) is 0.912. The summed E-state index contributed by atoms with van der Waals surface area (Å²) in [5.74, 6) is -2.14. The molecule has 0 bridgehead atoms. The highest BCUT2D eigenvalue weighted by Gasteiger charge is 2.45. The number of pyridine rings is 1. The maximum absolute atomic E-state index is 12.8. The van der Waals surface area contributed by atoms with Gasteiger partial charge in [0.1, 0.15) is 0 Å². The van der Waals surface area contributed by atoms with E-state index in [1.54, 1.807) is 24.4 Å². The number of aliphatic carboxylic acids is 1. The van der Waals surface area contributed by atoms with Crippen molar-refractivity contribution in [1.82, 2.24) is 13.6 Å². The number of hydrogen-bond acceptors (Lipinski definition) is 4. The van der Waals surface area contributed by atoms with Gasteiger partial charge >= 0.3 is 5.97 Å². The lowest BCUT2D eigenvalue weighted by Gasteiger charge is -2.30. The zero-order valence-electron chi connectivity index (χ0n) is 12.8. The summed E-state index contributed by atoms with van der Waals surface area (Å²) in [7, 11) is -3.59. The normalized spacial score (nSPS) is 27.1. The molecule has 2 saturated heterocycles. The van der Waals surface area contributed by atoms with Gasteiger partial charge in [-0.2, -0.15) is 17.0 Å². The molecule has 1 aromatic rings. The molecule has 2 fully saturated rings. The zero-order valence-corrected chi connectivity index (χ0v) is 13.7. The first-order chi connectivity index (χ1) is 11.0. The number of aromatic nitrogens is 1. The van der Waals surface area contributed by atoms with Crippen LogP contribution in [0, 0.1) is 5.92 Å². The van der Waals surface area contributed by atoms with Crippen LogP contribution in [-0.4, -0.2) is 59.3 Å². The molecule has 23 heavy (non-hydrogen) atoms. The first kappa shape index (κ1) is 16.4. The average molecular weight is 339 g/mol. The maximum Gasteiger partial charge on any atom is 0.308 e. The first-order valence-electron chi connectivity index (χ1n) is 7.89. The van der Waals surface area contributed by atoms with Crippen molar-refractivity contribution in [1.29, 1.82) is 0 Å². The molecular weight excluding hydrogens is 318 g/mol. The van der Waals surface area contributed by atoms with Crippen LogP contribution in [-0.2, 0) is 15.0 Å². The number of hydrogen-bond donors (Lipinski definition) is 1. The molecule has 3 heterocycles. The van der Waals surface area contributed by atoms with Crippen LogP contribution in [0.25, 0.3) is 0 Å². The third-order valence-electron chi connectivity index (χ3n) is 4.64. The number of piperidine rings is 1. The highest BCUT2D eigenvalue weighted by molar-refractivity contribution is 7.86. The monoisotopic (exact) mass is 339 g/mol. The predicted molar refractivity (Wildman–Crippen MR) is 84.0 cm³/mol. The Morgan fingerprint density at radius 1 is 1.13 bits per heavy atom. The van der Waals surface area contributed by atoms with E-state index in [0.29, 0.717) is 18.8 Å². The fourth-order valence-corrected chi connectivity index (χ4v) is 5.10. The molecule has 8 heteroatoms. The van der Waals surface area contributed by atoms with E-state index in [0.717, 1.165) is 19.3 Å². The Labute approximate surface area is 136 Å². The van der Waals surface area contributed by atoms with Crippen LogP contribution < -0.4 is 0 Å². The SMILES string of the molecule is O=C(O)C1CN(S(=O)(=O)N2CCCCC2)CC1c1ccccn1. The molecule has 2 aliphatic heterocycles. The van der Waals surface area contributed by atoms with Crippen molar-refractivity contribution in [3.8, 4) is 0 Å². The van der Waals surface area contributed by atoms with Crippen molar-refractivity contribution >= 4 is 16.2 Å². The highest BCUT2D eigenvalue weighted by atomic mass is 32.2. The summed E-state index contributed by atoms with van der Waals surface area (Å²) in [5.41, 5.74) is 0.635. The van der Waals surface area contributed by atoms with Gasteiger partial charge in [-0.25, -0.2) is 0 Å². The molecule has 126 valence electrons. The van der Waals surface area contributed by atoms with Gasteiger partial charge in [0.2, 0.25) is 0 Å². The van der Waals surface area contributed by atoms with Crippen molar-refractivity contribution in [2.45, 2.75) is 25.2 Å². The van der Waals surface area contributed by atoms with Crippen LogP contribution in [0.4, 0.5) is 0 Å². The standard InChI is InChI=1S/C15H21N3O4S/c19-15(20)13-11-18(10-12(13)14-6-2-3-7-16-14)23(21,22)17-8-4-1-5-9-17/h2-3,6-7,12-13H,1,4-5,8-11H2,(H,19,20). The van der Waals surface area contributed by atoms with E-state index in [-0.39, 0.29) is 13.1 Å². The summed E-state index contributed by atoms with van der Waals surface area (Å²) in [6, 6.07) is 5.32. The van der Waals surface area contributed by atoms with Crippen LogP contribution in [0.1, 0.15) is 30.9 Å². The molecule has 0 spiro atoms. The van der Waals surface area contributed by atoms with E-state index in [2.05, 4.69) is 4.98 Å². The van der Waals surface area contributed by atoms with Gasteiger partial charge in [-0.3, -0.25) is 9.78 Å². The zero-order chi connectivity index (χ0) is 16.4. The van der Waals surface area contributed by atoms with Crippen LogP contribution in [0.3, 0.4) is 0 Å². The number of nitrogens with zero attached hydrogens (tertiary/aromatic N) is 3. The fourth-order valence-electron chi connectivity index (χ4n) is 3.36. The Kier molecular flexibility index (Phi) is 4.65. The lowest BCUT2D eigenvalue weighted by atomic mass is 9.93. The topological polar surface area (TPSA) is 90.8 Å². The molecule has 2 atom stereocenters. The fraction of sp³-hybridized carbons (Fsp3) is 0.600. The lowest BCUT2D eigenvalue weighted by molar-refractivity contribution is -0.141. The Morgan fingerprint density at radius 2 is 1.87 bits per heavy atom. The second kappa shape index (κ2) is 6.54. The summed E-state index contributed by atoms with van der Waals surface area (Å²) < 4.78 is 28.3. The van der Waals surface area contributed by atoms with E-state index >= 15 is 0 Å². The van der Waals surface area contributed by atoms with Crippen molar-refractivity contribution in [2.24, 2.45) is 5.92 Å². The summed E-state index contributed by atoms with van der Waals surface area (Å²) >= 11 is 0. The minimum Gasteiger partial charge on any atom is -0.481 e. The Bertz CT molecular complexity index is 659. The molecule has 0 saturated carbocycles. The Morgan fingerprint density at radius 3 is 2.48 bits per heavy atom. The number of rotatable bonds is 4. The van der Waals surface area contributed by atoms with E-state index in [1.165, 1.54) is 8.61 Å². The third-order valence-corrected chi connectivity index (χ3v) is 6.61. The van der Waals surface area contributed by atoms with Gasteiger partial charge in [0.25, 0.3) is 10.2 Å². The van der Waals surface area contributed by atoms with E-state index < -0.39 is 28.0 Å². The number of carboxylic acids is 1. The van der Waals surface area contributed by atoms with E-state index in [1.807, 2.05) is 0 Å². The smallest absolute Gasteiger partial charge is 0.308 e. The van der Waals surface area contributed by atoms with Gasteiger partial charge in [-0.1, -0.05) is 12.5 Å². The quantitative estimate of drug-likeness (QED) is 0.880. The molecule has 0 amide bonds. The summed E-state index contributed by atoms with van der Waals surface area (Å²) in [6.07, 6.45) is 4.37. The Hall–Kier alpha value is -1.51.